The van der Waals surface area contributed by atoms with Crippen molar-refractivity contribution in [3.05, 3.63) is 71.0 Å². The first-order chi connectivity index (χ1) is 11.1. The van der Waals surface area contributed by atoms with Crippen LogP contribution in [0.15, 0.2) is 48.5 Å². The van der Waals surface area contributed by atoms with Crippen molar-refractivity contribution in [2.75, 3.05) is 6.54 Å². The Morgan fingerprint density at radius 3 is 2.30 bits per heavy atom. The van der Waals surface area contributed by atoms with E-state index < -0.39 is 0 Å². The highest BCUT2D eigenvalue weighted by Crippen LogP contribution is 2.19. The Bertz CT molecular complexity index is 623. The molecule has 0 radical (unpaired) electrons. The van der Waals surface area contributed by atoms with Crippen molar-refractivity contribution in [1.29, 1.82) is 0 Å². The first-order valence-electron chi connectivity index (χ1n) is 7.79. The molecular weight excluding hydrogens is 293 g/mol. The summed E-state index contributed by atoms with van der Waals surface area (Å²) in [4.78, 5) is 12.0. The molecule has 2 rings (SSSR count). The van der Waals surface area contributed by atoms with Crippen LogP contribution >= 0.6 is 0 Å². The summed E-state index contributed by atoms with van der Waals surface area (Å²) in [5.41, 5.74) is 2.96. The first-order valence-corrected chi connectivity index (χ1v) is 7.79. The van der Waals surface area contributed by atoms with E-state index in [9.17, 15) is 9.18 Å². The molecule has 0 heterocycles. The summed E-state index contributed by atoms with van der Waals surface area (Å²) < 4.78 is 12.9. The van der Waals surface area contributed by atoms with E-state index in [1.807, 2.05) is 31.2 Å². The van der Waals surface area contributed by atoms with Gasteiger partial charge in [0.2, 0.25) is 5.91 Å². The van der Waals surface area contributed by atoms with E-state index >= 15 is 0 Å². The largest absolute Gasteiger partial charge is 0.392 e. The molecule has 0 saturated carbocycles. The fourth-order valence-electron chi connectivity index (χ4n) is 2.42. The number of carbonyl (C=O) groups is 1. The molecule has 2 aromatic carbocycles. The maximum atomic E-state index is 12.9. The molecule has 1 atom stereocenters. The molecule has 23 heavy (non-hydrogen) atoms. The van der Waals surface area contributed by atoms with Crippen molar-refractivity contribution in [3.8, 4) is 0 Å². The highest BCUT2D eigenvalue weighted by Gasteiger charge is 2.11. The molecule has 2 N–H and O–H groups in total. The quantitative estimate of drug-likeness (QED) is 0.824. The second kappa shape index (κ2) is 8.44. The highest BCUT2D eigenvalue weighted by atomic mass is 19.1. The number of nitrogens with one attached hydrogen (secondary N) is 1. The molecule has 1 unspecified atom stereocenters. The molecule has 1 amide bonds. The first kappa shape index (κ1) is 17.2. The third-order valence-electron chi connectivity index (χ3n) is 3.87. The van der Waals surface area contributed by atoms with Crippen LogP contribution < -0.4 is 5.32 Å². The summed E-state index contributed by atoms with van der Waals surface area (Å²) in [6, 6.07) is 13.9. The monoisotopic (exact) mass is 315 g/mol. The van der Waals surface area contributed by atoms with Gasteiger partial charge in [-0.15, -0.1) is 0 Å². The topological polar surface area (TPSA) is 49.3 Å². The van der Waals surface area contributed by atoms with Crippen molar-refractivity contribution in [2.45, 2.75) is 32.3 Å². The van der Waals surface area contributed by atoms with E-state index in [0.717, 1.165) is 23.1 Å². The van der Waals surface area contributed by atoms with Crippen molar-refractivity contribution >= 4 is 5.91 Å². The molecule has 2 aromatic rings. The van der Waals surface area contributed by atoms with Crippen molar-refractivity contribution < 1.29 is 14.3 Å². The third kappa shape index (κ3) is 5.49. The predicted molar refractivity (Wildman–Crippen MR) is 88.5 cm³/mol. The molecule has 4 heteroatoms. The summed E-state index contributed by atoms with van der Waals surface area (Å²) in [6.07, 6.45) is 1.14. The van der Waals surface area contributed by atoms with Gasteiger partial charge in [0.1, 0.15) is 5.82 Å². The number of amides is 1. The number of benzene rings is 2. The Morgan fingerprint density at radius 2 is 1.70 bits per heavy atom. The van der Waals surface area contributed by atoms with E-state index in [0.29, 0.717) is 13.0 Å². The Balaban J connectivity index is 1.74. The molecule has 0 aliphatic carbocycles. The lowest BCUT2D eigenvalue weighted by atomic mass is 9.97. The molecule has 0 fully saturated rings. The summed E-state index contributed by atoms with van der Waals surface area (Å²) in [7, 11) is 0. The van der Waals surface area contributed by atoms with Crippen LogP contribution in [0, 0.1) is 5.82 Å². The average molecular weight is 315 g/mol. The van der Waals surface area contributed by atoms with Gasteiger partial charge in [0.05, 0.1) is 6.61 Å². The molecule has 0 spiro atoms. The van der Waals surface area contributed by atoms with Crippen LogP contribution in [-0.2, 0) is 17.8 Å². The van der Waals surface area contributed by atoms with E-state index in [1.54, 1.807) is 12.1 Å². The zero-order valence-electron chi connectivity index (χ0n) is 13.3. The molecule has 122 valence electrons. The van der Waals surface area contributed by atoms with Gasteiger partial charge in [-0.2, -0.15) is 0 Å². The Kier molecular flexibility index (Phi) is 6.29. The fourth-order valence-corrected chi connectivity index (χ4v) is 2.42. The Morgan fingerprint density at radius 1 is 1.09 bits per heavy atom. The smallest absolute Gasteiger partial charge is 0.220 e. The van der Waals surface area contributed by atoms with Gasteiger partial charge in [0.15, 0.2) is 0 Å². The molecule has 0 saturated heterocycles. The van der Waals surface area contributed by atoms with E-state index in [2.05, 4.69) is 5.32 Å². The minimum absolute atomic E-state index is 0.00574. The average Bonchev–Trinajstić information content (AvgIpc) is 2.56. The Hall–Kier alpha value is -2.20. The normalized spacial score (nSPS) is 12.0. The van der Waals surface area contributed by atoms with E-state index in [-0.39, 0.29) is 24.2 Å². The second-order valence-electron chi connectivity index (χ2n) is 5.73. The maximum absolute atomic E-state index is 12.9. The van der Waals surface area contributed by atoms with Crippen LogP contribution in [0.4, 0.5) is 4.39 Å². The van der Waals surface area contributed by atoms with E-state index in [1.165, 1.54) is 12.1 Å². The van der Waals surface area contributed by atoms with Crippen molar-refractivity contribution in [1.82, 2.24) is 5.32 Å². The molecular formula is C19H22FNO2. The minimum Gasteiger partial charge on any atom is -0.392 e. The number of aliphatic hydroxyl groups excluding tert-OH is 1. The van der Waals surface area contributed by atoms with Gasteiger partial charge in [0.25, 0.3) is 0 Å². The molecule has 0 aliphatic heterocycles. The van der Waals surface area contributed by atoms with Crippen LogP contribution in [0.3, 0.4) is 0 Å². The van der Waals surface area contributed by atoms with Gasteiger partial charge in [-0.05, 0) is 41.2 Å². The number of carbonyl (C=O) groups excluding carboxylic acids is 1. The summed E-state index contributed by atoms with van der Waals surface area (Å²) in [5.74, 6) is -0.217. The molecule has 0 bridgehead atoms. The summed E-state index contributed by atoms with van der Waals surface area (Å²) in [5, 5.41) is 11.9. The summed E-state index contributed by atoms with van der Waals surface area (Å²) >= 11 is 0. The van der Waals surface area contributed by atoms with Gasteiger partial charge in [0, 0.05) is 13.0 Å². The number of hydrogen-bond acceptors (Lipinski definition) is 2. The Labute approximate surface area is 136 Å². The second-order valence-corrected chi connectivity index (χ2v) is 5.73. The minimum atomic E-state index is -0.266. The van der Waals surface area contributed by atoms with Gasteiger partial charge >= 0.3 is 0 Å². The van der Waals surface area contributed by atoms with E-state index in [4.69, 9.17) is 5.11 Å². The predicted octanol–water partition coefficient (Wildman–Crippen LogP) is 3.17. The maximum Gasteiger partial charge on any atom is 0.220 e. The standard InChI is InChI=1S/C19H22FNO2/c1-14(17-6-8-18(20)9-7-17)12-19(23)21-11-10-15-2-4-16(13-22)5-3-15/h2-9,14,22H,10-13H2,1H3,(H,21,23). The number of hydrogen-bond donors (Lipinski definition) is 2. The van der Waals surface area contributed by atoms with Crippen LogP contribution in [0.2, 0.25) is 0 Å². The molecule has 0 aromatic heterocycles. The van der Waals surface area contributed by atoms with Crippen LogP contribution in [0.1, 0.15) is 36.0 Å². The third-order valence-corrected chi connectivity index (χ3v) is 3.87. The van der Waals surface area contributed by atoms with Crippen molar-refractivity contribution in [3.63, 3.8) is 0 Å². The zero-order chi connectivity index (χ0) is 16.7. The molecule has 0 aliphatic rings. The lowest BCUT2D eigenvalue weighted by Crippen LogP contribution is -2.26. The summed E-state index contributed by atoms with van der Waals surface area (Å²) in [6.45, 7) is 2.58. The lowest BCUT2D eigenvalue weighted by Gasteiger charge is -2.12. The van der Waals surface area contributed by atoms with Gasteiger partial charge in [-0.3, -0.25) is 4.79 Å². The van der Waals surface area contributed by atoms with Crippen molar-refractivity contribution in [2.24, 2.45) is 0 Å². The van der Waals surface area contributed by atoms with Gasteiger partial charge < -0.3 is 10.4 Å². The SMILES string of the molecule is CC(CC(=O)NCCc1ccc(CO)cc1)c1ccc(F)cc1. The van der Waals surface area contributed by atoms with Gasteiger partial charge in [-0.25, -0.2) is 4.39 Å². The van der Waals surface area contributed by atoms with Gasteiger partial charge in [-0.1, -0.05) is 43.3 Å². The van der Waals surface area contributed by atoms with Crippen LogP contribution in [-0.4, -0.2) is 17.6 Å². The lowest BCUT2D eigenvalue weighted by molar-refractivity contribution is -0.121. The number of rotatable bonds is 7. The van der Waals surface area contributed by atoms with Crippen LogP contribution in [0.25, 0.3) is 0 Å². The highest BCUT2D eigenvalue weighted by molar-refractivity contribution is 5.76. The molecule has 3 nitrogen and oxygen atoms in total. The van der Waals surface area contributed by atoms with Crippen LogP contribution in [0.5, 0.6) is 0 Å². The number of aliphatic hydroxyl groups is 1. The zero-order valence-corrected chi connectivity index (χ0v) is 13.3. The number of halogens is 1. The fraction of sp³-hybridized carbons (Fsp3) is 0.316.